The monoisotopic (exact) mass is 268 g/mol. The van der Waals surface area contributed by atoms with Gasteiger partial charge in [0, 0.05) is 35.1 Å². The highest BCUT2D eigenvalue weighted by molar-refractivity contribution is 7.21. The zero-order valence-electron chi connectivity index (χ0n) is 10.4. The van der Waals surface area contributed by atoms with Gasteiger partial charge >= 0.3 is 0 Å². The highest BCUT2D eigenvalue weighted by Gasteiger charge is 2.15. The predicted molar refractivity (Wildman–Crippen MR) is 79.3 cm³/mol. The molecule has 1 aromatic carbocycles. The fourth-order valence-electron chi connectivity index (χ4n) is 1.98. The van der Waals surface area contributed by atoms with Crippen LogP contribution in [0, 0.1) is 0 Å². The van der Waals surface area contributed by atoms with Gasteiger partial charge in [-0.25, -0.2) is 0 Å². The van der Waals surface area contributed by atoms with E-state index in [0.717, 1.165) is 26.3 Å². The van der Waals surface area contributed by atoms with Gasteiger partial charge in [-0.15, -0.1) is 11.3 Å². The highest BCUT2D eigenvalue weighted by atomic mass is 32.1. The first-order chi connectivity index (χ1) is 9.25. The lowest BCUT2D eigenvalue weighted by atomic mass is 10.2. The molecule has 94 valence electrons. The standard InChI is InChI=1S/C15H12N2OS/c1-10(18)15-14(17-11-5-3-2-4-6-11)12-9-16-8-7-13(12)19-15/h2-9,17H,1H3. The summed E-state index contributed by atoms with van der Waals surface area (Å²) in [6.45, 7) is 1.59. The van der Waals surface area contributed by atoms with E-state index in [1.165, 1.54) is 11.3 Å². The Kier molecular flexibility index (Phi) is 3.01. The summed E-state index contributed by atoms with van der Waals surface area (Å²) in [7, 11) is 0. The van der Waals surface area contributed by atoms with E-state index in [1.807, 2.05) is 36.4 Å². The minimum atomic E-state index is 0.0691. The van der Waals surface area contributed by atoms with Crippen LogP contribution in [-0.2, 0) is 0 Å². The summed E-state index contributed by atoms with van der Waals surface area (Å²) in [6, 6.07) is 11.8. The first kappa shape index (κ1) is 11.9. The zero-order valence-corrected chi connectivity index (χ0v) is 11.2. The van der Waals surface area contributed by atoms with Crippen LogP contribution in [0.5, 0.6) is 0 Å². The third kappa shape index (κ3) is 2.22. The minimum absolute atomic E-state index is 0.0691. The molecule has 3 rings (SSSR count). The first-order valence-corrected chi connectivity index (χ1v) is 6.77. The summed E-state index contributed by atoms with van der Waals surface area (Å²) in [5, 5.41) is 4.31. The number of pyridine rings is 1. The molecule has 0 unspecified atom stereocenters. The summed E-state index contributed by atoms with van der Waals surface area (Å²) in [4.78, 5) is 16.7. The second kappa shape index (κ2) is 4.82. The normalized spacial score (nSPS) is 10.6. The molecule has 3 aromatic rings. The van der Waals surface area contributed by atoms with Crippen LogP contribution in [0.2, 0.25) is 0 Å². The second-order valence-corrected chi connectivity index (χ2v) is 5.28. The molecule has 1 N–H and O–H groups in total. The number of fused-ring (bicyclic) bond motifs is 1. The van der Waals surface area contributed by atoms with Crippen LogP contribution in [0.15, 0.2) is 48.8 Å². The van der Waals surface area contributed by atoms with E-state index in [9.17, 15) is 4.79 Å². The largest absolute Gasteiger partial charge is 0.354 e. The Balaban J connectivity index is 2.15. The average molecular weight is 268 g/mol. The van der Waals surface area contributed by atoms with Crippen molar-refractivity contribution in [3.63, 3.8) is 0 Å². The maximum atomic E-state index is 11.8. The van der Waals surface area contributed by atoms with Gasteiger partial charge in [0.2, 0.25) is 0 Å². The average Bonchev–Trinajstić information content (AvgIpc) is 2.79. The van der Waals surface area contributed by atoms with Crippen LogP contribution in [-0.4, -0.2) is 10.8 Å². The number of carbonyl (C=O) groups excluding carboxylic acids is 1. The Hall–Kier alpha value is -2.20. The van der Waals surface area contributed by atoms with Crippen molar-refractivity contribution in [1.29, 1.82) is 0 Å². The molecule has 2 aromatic heterocycles. The van der Waals surface area contributed by atoms with E-state index < -0.39 is 0 Å². The number of anilines is 2. The number of carbonyl (C=O) groups is 1. The highest BCUT2D eigenvalue weighted by Crippen LogP contribution is 2.37. The van der Waals surface area contributed by atoms with Gasteiger partial charge in [-0.3, -0.25) is 9.78 Å². The number of hydrogen-bond donors (Lipinski definition) is 1. The lowest BCUT2D eigenvalue weighted by Crippen LogP contribution is -1.96. The summed E-state index contributed by atoms with van der Waals surface area (Å²) in [5.74, 6) is 0.0691. The maximum absolute atomic E-state index is 11.8. The van der Waals surface area contributed by atoms with Gasteiger partial charge in [-0.1, -0.05) is 18.2 Å². The van der Waals surface area contributed by atoms with Crippen molar-refractivity contribution in [3.8, 4) is 0 Å². The number of nitrogens with zero attached hydrogens (tertiary/aromatic N) is 1. The van der Waals surface area contributed by atoms with Crippen molar-refractivity contribution < 1.29 is 4.79 Å². The number of hydrogen-bond acceptors (Lipinski definition) is 4. The van der Waals surface area contributed by atoms with Gasteiger partial charge in [0.1, 0.15) is 0 Å². The molecule has 0 radical (unpaired) electrons. The van der Waals surface area contributed by atoms with Gasteiger partial charge in [0.15, 0.2) is 5.78 Å². The number of nitrogens with one attached hydrogen (secondary N) is 1. The van der Waals surface area contributed by atoms with Gasteiger partial charge in [-0.2, -0.15) is 0 Å². The summed E-state index contributed by atoms with van der Waals surface area (Å²) >= 11 is 1.50. The van der Waals surface area contributed by atoms with Crippen LogP contribution in [0.25, 0.3) is 10.1 Å². The number of ketones is 1. The van der Waals surface area contributed by atoms with Gasteiger partial charge in [0.25, 0.3) is 0 Å². The number of thiophene rings is 1. The Morgan fingerprint density at radius 3 is 2.74 bits per heavy atom. The van der Waals surface area contributed by atoms with Crippen LogP contribution in [0.3, 0.4) is 0 Å². The number of rotatable bonds is 3. The second-order valence-electron chi connectivity index (χ2n) is 4.23. The number of aromatic nitrogens is 1. The van der Waals surface area contributed by atoms with Crippen molar-refractivity contribution in [1.82, 2.24) is 4.98 Å². The van der Waals surface area contributed by atoms with Gasteiger partial charge in [-0.05, 0) is 18.2 Å². The third-order valence-corrected chi connectivity index (χ3v) is 4.12. The van der Waals surface area contributed by atoms with Crippen molar-refractivity contribution in [2.24, 2.45) is 0 Å². The molecule has 0 saturated heterocycles. The lowest BCUT2D eigenvalue weighted by Gasteiger charge is -2.06. The lowest BCUT2D eigenvalue weighted by molar-refractivity contribution is 0.102. The van der Waals surface area contributed by atoms with Crippen molar-refractivity contribution >= 4 is 38.6 Å². The minimum Gasteiger partial charge on any atom is -0.354 e. The van der Waals surface area contributed by atoms with Gasteiger partial charge in [0.05, 0.1) is 10.6 Å². The van der Waals surface area contributed by atoms with Crippen molar-refractivity contribution in [3.05, 3.63) is 53.7 Å². The van der Waals surface area contributed by atoms with Crippen LogP contribution < -0.4 is 5.32 Å². The Labute approximate surface area is 114 Å². The van der Waals surface area contributed by atoms with Crippen LogP contribution in [0.4, 0.5) is 11.4 Å². The molecule has 19 heavy (non-hydrogen) atoms. The molecule has 0 spiro atoms. The maximum Gasteiger partial charge on any atom is 0.171 e. The molecule has 0 amide bonds. The Morgan fingerprint density at radius 2 is 2.00 bits per heavy atom. The van der Waals surface area contributed by atoms with Crippen molar-refractivity contribution in [2.45, 2.75) is 6.92 Å². The molecule has 0 fully saturated rings. The zero-order chi connectivity index (χ0) is 13.2. The van der Waals surface area contributed by atoms with E-state index in [2.05, 4.69) is 10.3 Å². The van der Waals surface area contributed by atoms with E-state index in [4.69, 9.17) is 0 Å². The topological polar surface area (TPSA) is 42.0 Å². The Morgan fingerprint density at radius 1 is 1.21 bits per heavy atom. The number of para-hydroxylation sites is 1. The fraction of sp³-hybridized carbons (Fsp3) is 0.0667. The van der Waals surface area contributed by atoms with Gasteiger partial charge < -0.3 is 5.32 Å². The molecule has 0 bridgehead atoms. The number of benzene rings is 1. The van der Waals surface area contributed by atoms with Crippen molar-refractivity contribution in [2.75, 3.05) is 5.32 Å². The predicted octanol–water partition coefficient (Wildman–Crippen LogP) is 4.24. The van der Waals surface area contributed by atoms with Crippen LogP contribution >= 0.6 is 11.3 Å². The first-order valence-electron chi connectivity index (χ1n) is 5.95. The van der Waals surface area contributed by atoms with E-state index in [-0.39, 0.29) is 5.78 Å². The molecule has 0 atom stereocenters. The fourth-order valence-corrected chi connectivity index (χ4v) is 3.00. The molecular weight excluding hydrogens is 256 g/mol. The van der Waals surface area contributed by atoms with E-state index in [0.29, 0.717) is 0 Å². The molecule has 2 heterocycles. The molecule has 0 saturated carbocycles. The van der Waals surface area contributed by atoms with E-state index in [1.54, 1.807) is 19.3 Å². The molecule has 3 nitrogen and oxygen atoms in total. The van der Waals surface area contributed by atoms with E-state index >= 15 is 0 Å². The summed E-state index contributed by atoms with van der Waals surface area (Å²) in [6.07, 6.45) is 3.54. The Bertz CT molecular complexity index is 734. The third-order valence-electron chi connectivity index (χ3n) is 2.85. The smallest absolute Gasteiger partial charge is 0.171 e. The molecule has 0 aliphatic carbocycles. The molecular formula is C15H12N2OS. The summed E-state index contributed by atoms with van der Waals surface area (Å²) < 4.78 is 1.07. The van der Waals surface area contributed by atoms with Crippen LogP contribution in [0.1, 0.15) is 16.6 Å². The summed E-state index contributed by atoms with van der Waals surface area (Å²) in [5.41, 5.74) is 1.82. The quantitative estimate of drug-likeness (QED) is 0.722. The molecule has 0 aliphatic heterocycles. The molecule has 0 aliphatic rings. The SMILES string of the molecule is CC(=O)c1sc2ccncc2c1Nc1ccccc1. The molecule has 4 heteroatoms. The number of Topliss-reactive ketones (excluding diaryl/α,β-unsaturated/α-hetero) is 1.